The van der Waals surface area contributed by atoms with E-state index in [-0.39, 0.29) is 10.7 Å². The third-order valence-corrected chi connectivity index (χ3v) is 6.07. The molecule has 0 radical (unpaired) electrons. The summed E-state index contributed by atoms with van der Waals surface area (Å²) in [6.45, 7) is 0. The van der Waals surface area contributed by atoms with Gasteiger partial charge in [0.05, 0.1) is 5.69 Å². The molecular formula is C29H19ClN2O3S. The number of thiocarbonyl (C=S) groups is 1. The molecule has 4 aromatic carbocycles. The molecule has 176 valence electrons. The smallest absolute Gasteiger partial charge is 0.270 e. The van der Waals surface area contributed by atoms with Gasteiger partial charge in [0.25, 0.3) is 11.8 Å². The maximum absolute atomic E-state index is 13.3. The van der Waals surface area contributed by atoms with Crippen molar-refractivity contribution >= 4 is 52.5 Å². The molecule has 0 aliphatic carbocycles. The average Bonchev–Trinajstić information content (AvgIpc) is 2.88. The molecule has 5 nitrogen and oxygen atoms in total. The summed E-state index contributed by atoms with van der Waals surface area (Å²) in [4.78, 5) is 27.2. The molecule has 1 aliphatic heterocycles. The van der Waals surface area contributed by atoms with E-state index in [4.69, 9.17) is 28.6 Å². The van der Waals surface area contributed by atoms with Crippen molar-refractivity contribution in [2.24, 2.45) is 0 Å². The van der Waals surface area contributed by atoms with E-state index in [1.807, 2.05) is 78.9 Å². The van der Waals surface area contributed by atoms with Crippen LogP contribution in [0.2, 0.25) is 5.02 Å². The number of halogens is 1. The lowest BCUT2D eigenvalue weighted by Crippen LogP contribution is -2.54. The van der Waals surface area contributed by atoms with E-state index in [1.165, 1.54) is 4.90 Å². The summed E-state index contributed by atoms with van der Waals surface area (Å²) in [7, 11) is 0. The van der Waals surface area contributed by atoms with Crippen LogP contribution < -0.4 is 15.0 Å². The average molecular weight is 511 g/mol. The largest absolute Gasteiger partial charge is 0.457 e. The highest BCUT2D eigenvalue weighted by molar-refractivity contribution is 7.80. The number of hydrogen-bond donors (Lipinski definition) is 1. The van der Waals surface area contributed by atoms with Gasteiger partial charge in [0, 0.05) is 5.02 Å². The maximum Gasteiger partial charge on any atom is 0.270 e. The fraction of sp³-hybridized carbons (Fsp3) is 0. The number of rotatable bonds is 5. The number of hydrogen-bond acceptors (Lipinski definition) is 4. The molecule has 1 heterocycles. The molecule has 0 atom stereocenters. The van der Waals surface area contributed by atoms with Crippen LogP contribution in [0.4, 0.5) is 5.69 Å². The van der Waals surface area contributed by atoms with E-state index in [9.17, 15) is 9.59 Å². The van der Waals surface area contributed by atoms with Gasteiger partial charge in [-0.2, -0.15) is 0 Å². The molecular weight excluding hydrogens is 492 g/mol. The zero-order chi connectivity index (χ0) is 25.1. The number of ether oxygens (including phenoxy) is 1. The number of benzene rings is 4. The van der Waals surface area contributed by atoms with Gasteiger partial charge in [-0.25, -0.2) is 0 Å². The summed E-state index contributed by atoms with van der Waals surface area (Å²) in [5.41, 5.74) is 3.17. The Morgan fingerprint density at radius 3 is 2.17 bits per heavy atom. The topological polar surface area (TPSA) is 58.6 Å². The number of para-hydroxylation sites is 1. The van der Waals surface area contributed by atoms with Gasteiger partial charge < -0.3 is 4.74 Å². The predicted molar refractivity (Wildman–Crippen MR) is 146 cm³/mol. The molecule has 0 spiro atoms. The molecule has 1 fully saturated rings. The Morgan fingerprint density at radius 1 is 0.778 bits per heavy atom. The summed E-state index contributed by atoms with van der Waals surface area (Å²) in [6, 6.07) is 31.4. The third kappa shape index (κ3) is 5.05. The Hall–Kier alpha value is -4.26. The van der Waals surface area contributed by atoms with E-state index in [0.717, 1.165) is 11.1 Å². The number of carbonyl (C=O) groups excluding carboxylic acids is 2. The molecule has 5 rings (SSSR count). The quantitative estimate of drug-likeness (QED) is 0.186. The highest BCUT2D eigenvalue weighted by Gasteiger charge is 2.34. The molecule has 7 heteroatoms. The minimum Gasteiger partial charge on any atom is -0.457 e. The van der Waals surface area contributed by atoms with Gasteiger partial charge in [-0.1, -0.05) is 66.2 Å². The first-order chi connectivity index (χ1) is 17.5. The Balaban J connectivity index is 1.37. The SMILES string of the molecule is O=C1NC(=S)N(c2ccc(Oc3ccccc3)cc2)C(=O)/C1=C/c1ccc(-c2cccc(Cl)c2)cc1. The van der Waals surface area contributed by atoms with Gasteiger partial charge in [-0.15, -0.1) is 0 Å². The molecule has 36 heavy (non-hydrogen) atoms. The number of carbonyl (C=O) groups is 2. The van der Waals surface area contributed by atoms with Crippen molar-refractivity contribution in [3.63, 3.8) is 0 Å². The lowest BCUT2D eigenvalue weighted by molar-refractivity contribution is -0.122. The second-order valence-electron chi connectivity index (χ2n) is 8.00. The second kappa shape index (κ2) is 10.2. The number of anilines is 1. The summed E-state index contributed by atoms with van der Waals surface area (Å²) < 4.78 is 5.81. The Labute approximate surface area is 218 Å². The number of nitrogens with one attached hydrogen (secondary N) is 1. The minimum absolute atomic E-state index is 0.0104. The molecule has 0 saturated carbocycles. The van der Waals surface area contributed by atoms with Crippen molar-refractivity contribution in [1.82, 2.24) is 5.32 Å². The molecule has 1 aliphatic rings. The molecule has 0 aromatic heterocycles. The van der Waals surface area contributed by atoms with Crippen molar-refractivity contribution in [1.29, 1.82) is 0 Å². The van der Waals surface area contributed by atoms with Gasteiger partial charge >= 0.3 is 0 Å². The predicted octanol–water partition coefficient (Wildman–Crippen LogP) is 6.63. The minimum atomic E-state index is -0.538. The van der Waals surface area contributed by atoms with E-state index < -0.39 is 11.8 Å². The van der Waals surface area contributed by atoms with Crippen molar-refractivity contribution in [2.75, 3.05) is 4.90 Å². The lowest BCUT2D eigenvalue weighted by atomic mass is 10.0. The van der Waals surface area contributed by atoms with E-state index >= 15 is 0 Å². The molecule has 1 saturated heterocycles. The summed E-state index contributed by atoms with van der Waals surface area (Å²) in [5.74, 6) is 0.275. The Bertz CT molecular complexity index is 1480. The van der Waals surface area contributed by atoms with Crippen molar-refractivity contribution < 1.29 is 14.3 Å². The van der Waals surface area contributed by atoms with Crippen LogP contribution >= 0.6 is 23.8 Å². The van der Waals surface area contributed by atoms with Crippen LogP contribution in [-0.2, 0) is 9.59 Å². The van der Waals surface area contributed by atoms with Gasteiger partial charge in [-0.3, -0.25) is 19.8 Å². The fourth-order valence-corrected chi connectivity index (χ4v) is 4.26. The maximum atomic E-state index is 13.3. The van der Waals surface area contributed by atoms with Gasteiger partial charge in [0.1, 0.15) is 17.1 Å². The lowest BCUT2D eigenvalue weighted by Gasteiger charge is -2.29. The van der Waals surface area contributed by atoms with Gasteiger partial charge in [0.15, 0.2) is 5.11 Å². The first kappa shape index (κ1) is 23.5. The van der Waals surface area contributed by atoms with Crippen LogP contribution in [0.15, 0.2) is 109 Å². The standard InChI is InChI=1S/C29H19ClN2O3S/c30-22-6-4-5-21(18-22)20-11-9-19(10-12-20)17-26-27(33)31-29(36)32(28(26)34)23-13-15-25(16-14-23)35-24-7-2-1-3-8-24/h1-18H,(H,31,33,36)/b26-17+. The summed E-state index contributed by atoms with van der Waals surface area (Å²) in [6.07, 6.45) is 1.56. The molecule has 0 unspecified atom stereocenters. The van der Waals surface area contributed by atoms with E-state index in [1.54, 1.807) is 30.3 Å². The number of amides is 2. The molecule has 4 aromatic rings. The zero-order valence-electron chi connectivity index (χ0n) is 18.9. The van der Waals surface area contributed by atoms with Crippen molar-refractivity contribution in [3.05, 3.63) is 119 Å². The molecule has 0 bridgehead atoms. The van der Waals surface area contributed by atoms with E-state index in [2.05, 4.69) is 5.32 Å². The Kier molecular flexibility index (Phi) is 6.62. The zero-order valence-corrected chi connectivity index (χ0v) is 20.4. The highest BCUT2D eigenvalue weighted by Crippen LogP contribution is 2.28. The fourth-order valence-electron chi connectivity index (χ4n) is 3.79. The van der Waals surface area contributed by atoms with Crippen molar-refractivity contribution in [2.45, 2.75) is 0 Å². The third-order valence-electron chi connectivity index (χ3n) is 5.56. The van der Waals surface area contributed by atoms with Crippen LogP contribution in [0.1, 0.15) is 5.56 Å². The molecule has 2 amide bonds. The van der Waals surface area contributed by atoms with Crippen LogP contribution in [0.25, 0.3) is 17.2 Å². The molecule has 1 N–H and O–H groups in total. The second-order valence-corrected chi connectivity index (χ2v) is 8.82. The van der Waals surface area contributed by atoms with Crippen LogP contribution in [0.5, 0.6) is 11.5 Å². The highest BCUT2D eigenvalue weighted by atomic mass is 35.5. The van der Waals surface area contributed by atoms with Gasteiger partial charge in [-0.05, 0) is 83.5 Å². The van der Waals surface area contributed by atoms with E-state index in [0.29, 0.717) is 27.8 Å². The Morgan fingerprint density at radius 2 is 1.47 bits per heavy atom. The monoisotopic (exact) mass is 510 g/mol. The summed E-state index contributed by atoms with van der Waals surface area (Å²) >= 11 is 11.4. The number of nitrogens with zero attached hydrogens (tertiary/aromatic N) is 1. The normalized spacial score (nSPS) is 14.6. The van der Waals surface area contributed by atoms with Crippen LogP contribution in [0.3, 0.4) is 0 Å². The first-order valence-corrected chi connectivity index (χ1v) is 11.9. The first-order valence-electron chi connectivity index (χ1n) is 11.1. The van der Waals surface area contributed by atoms with Crippen LogP contribution in [-0.4, -0.2) is 16.9 Å². The van der Waals surface area contributed by atoms with Crippen molar-refractivity contribution in [3.8, 4) is 22.6 Å². The van der Waals surface area contributed by atoms with Crippen LogP contribution in [0, 0.1) is 0 Å². The summed E-state index contributed by atoms with van der Waals surface area (Å²) in [5, 5.41) is 3.28. The van der Waals surface area contributed by atoms with Gasteiger partial charge in [0.2, 0.25) is 0 Å².